The molecule has 2 aromatic heterocycles. The van der Waals surface area contributed by atoms with Crippen molar-refractivity contribution in [2.75, 3.05) is 0 Å². The molecule has 6 heteroatoms. The lowest BCUT2D eigenvalue weighted by Gasteiger charge is -2.24. The normalized spacial score (nSPS) is 16.4. The van der Waals surface area contributed by atoms with E-state index in [1.54, 1.807) is 0 Å². The Balaban J connectivity index is 1.53. The third kappa shape index (κ3) is 3.46. The number of fused-ring (bicyclic) bond motifs is 5. The van der Waals surface area contributed by atoms with Crippen molar-refractivity contribution >= 4 is 45.3 Å². The van der Waals surface area contributed by atoms with Crippen LogP contribution in [0.5, 0.6) is 0 Å². The molecule has 1 fully saturated rings. The molecule has 5 rings (SSSR count). The Bertz CT molecular complexity index is 1200. The van der Waals surface area contributed by atoms with E-state index in [2.05, 4.69) is 21.9 Å². The number of rotatable bonds is 4. The Hall–Kier alpha value is -2.60. The number of aromatic nitrogens is 3. The molecule has 0 radical (unpaired) electrons. The number of imidazole rings is 1. The number of hydrogen-bond acceptors (Lipinski definition) is 4. The lowest BCUT2D eigenvalue weighted by molar-refractivity contribution is -0.121. The molecule has 1 aliphatic rings. The van der Waals surface area contributed by atoms with Crippen LogP contribution in [0.3, 0.4) is 0 Å². The van der Waals surface area contributed by atoms with Crippen molar-refractivity contribution < 1.29 is 4.79 Å². The monoisotopic (exact) mass is 404 g/mol. The van der Waals surface area contributed by atoms with Gasteiger partial charge in [-0.25, -0.2) is 9.97 Å². The molecule has 1 saturated carbocycles. The minimum atomic E-state index is -0.227. The van der Waals surface area contributed by atoms with Gasteiger partial charge in [-0.05, 0) is 44.0 Å². The van der Waals surface area contributed by atoms with Gasteiger partial charge in [0, 0.05) is 11.4 Å². The number of amides is 1. The van der Waals surface area contributed by atoms with Crippen LogP contribution in [0.2, 0.25) is 0 Å². The molecular formula is C23H24N4OS. The van der Waals surface area contributed by atoms with E-state index >= 15 is 0 Å². The van der Waals surface area contributed by atoms with E-state index in [1.165, 1.54) is 31.0 Å². The number of benzene rings is 2. The molecule has 1 N–H and O–H groups in total. The number of para-hydroxylation sites is 3. The lowest BCUT2D eigenvalue weighted by Crippen LogP contribution is -2.40. The van der Waals surface area contributed by atoms with Gasteiger partial charge in [0.05, 0.1) is 21.8 Å². The maximum Gasteiger partial charge on any atom is 0.233 e. The summed E-state index contributed by atoms with van der Waals surface area (Å²) in [6.07, 6.45) is 5.88. The summed E-state index contributed by atoms with van der Waals surface area (Å²) in [5.41, 5.74) is 3.74. The summed E-state index contributed by atoms with van der Waals surface area (Å²) in [6.45, 7) is 1.96. The third-order valence-corrected chi connectivity index (χ3v) is 6.77. The molecule has 2 aromatic carbocycles. The van der Waals surface area contributed by atoms with E-state index in [0.717, 1.165) is 45.6 Å². The van der Waals surface area contributed by atoms with Crippen molar-refractivity contribution in [3.63, 3.8) is 0 Å². The van der Waals surface area contributed by atoms with Gasteiger partial charge in [-0.1, -0.05) is 55.3 Å². The SMILES string of the molecule is CC(Sc1nc2ccccc2c2nc3ccccc3n12)C(=O)NC1CCCCC1. The summed E-state index contributed by atoms with van der Waals surface area (Å²) in [7, 11) is 0. The number of carbonyl (C=O) groups excluding carboxylic acids is 1. The first kappa shape index (κ1) is 18.4. The Morgan fingerprint density at radius 3 is 2.59 bits per heavy atom. The molecular weight excluding hydrogens is 380 g/mol. The number of thioether (sulfide) groups is 1. The van der Waals surface area contributed by atoms with Crippen molar-refractivity contribution in [1.29, 1.82) is 0 Å². The number of nitrogens with zero attached hydrogens (tertiary/aromatic N) is 3. The van der Waals surface area contributed by atoms with Crippen LogP contribution in [0.25, 0.3) is 27.6 Å². The first-order chi connectivity index (χ1) is 14.2. The van der Waals surface area contributed by atoms with E-state index < -0.39 is 0 Å². The van der Waals surface area contributed by atoms with Gasteiger partial charge < -0.3 is 5.32 Å². The van der Waals surface area contributed by atoms with Crippen LogP contribution in [-0.4, -0.2) is 31.6 Å². The zero-order valence-corrected chi connectivity index (χ0v) is 17.3. The zero-order valence-electron chi connectivity index (χ0n) is 16.5. The van der Waals surface area contributed by atoms with Crippen LogP contribution in [0.4, 0.5) is 0 Å². The molecule has 148 valence electrons. The highest BCUT2D eigenvalue weighted by Crippen LogP contribution is 2.31. The van der Waals surface area contributed by atoms with Crippen molar-refractivity contribution in [2.24, 2.45) is 0 Å². The molecule has 0 saturated heterocycles. The topological polar surface area (TPSA) is 59.3 Å². The van der Waals surface area contributed by atoms with E-state index in [0.29, 0.717) is 6.04 Å². The van der Waals surface area contributed by atoms with Gasteiger partial charge in [-0.3, -0.25) is 9.20 Å². The summed E-state index contributed by atoms with van der Waals surface area (Å²) >= 11 is 1.50. The van der Waals surface area contributed by atoms with Crippen LogP contribution >= 0.6 is 11.8 Å². The average molecular weight is 405 g/mol. The van der Waals surface area contributed by atoms with Gasteiger partial charge >= 0.3 is 0 Å². The first-order valence-electron chi connectivity index (χ1n) is 10.3. The van der Waals surface area contributed by atoms with Gasteiger partial charge in [0.2, 0.25) is 5.91 Å². The minimum Gasteiger partial charge on any atom is -0.352 e. The lowest BCUT2D eigenvalue weighted by atomic mass is 9.95. The van der Waals surface area contributed by atoms with E-state index in [-0.39, 0.29) is 11.2 Å². The van der Waals surface area contributed by atoms with Crippen LogP contribution in [0.1, 0.15) is 39.0 Å². The summed E-state index contributed by atoms with van der Waals surface area (Å²) in [5.74, 6) is 0.0921. The summed E-state index contributed by atoms with van der Waals surface area (Å²) < 4.78 is 2.09. The number of hydrogen-bond donors (Lipinski definition) is 1. The second kappa shape index (κ2) is 7.67. The van der Waals surface area contributed by atoms with Crippen molar-refractivity contribution in [1.82, 2.24) is 19.7 Å². The number of carbonyl (C=O) groups is 1. The fraction of sp³-hybridized carbons (Fsp3) is 0.348. The molecule has 5 nitrogen and oxygen atoms in total. The second-order valence-electron chi connectivity index (χ2n) is 7.77. The predicted octanol–water partition coefficient (Wildman–Crippen LogP) is 4.97. The second-order valence-corrected chi connectivity index (χ2v) is 9.08. The van der Waals surface area contributed by atoms with Crippen molar-refractivity contribution in [2.45, 2.75) is 55.5 Å². The van der Waals surface area contributed by atoms with Gasteiger partial charge in [0.1, 0.15) is 5.65 Å². The highest BCUT2D eigenvalue weighted by molar-refractivity contribution is 8.00. The molecule has 0 aliphatic heterocycles. The Labute approximate surface area is 173 Å². The molecule has 29 heavy (non-hydrogen) atoms. The predicted molar refractivity (Wildman–Crippen MR) is 118 cm³/mol. The fourth-order valence-corrected chi connectivity index (χ4v) is 5.10. The van der Waals surface area contributed by atoms with Gasteiger partial charge in [0.25, 0.3) is 0 Å². The molecule has 2 heterocycles. The maximum atomic E-state index is 12.8. The fourth-order valence-electron chi connectivity index (χ4n) is 4.17. The summed E-state index contributed by atoms with van der Waals surface area (Å²) in [5, 5.41) is 4.84. The van der Waals surface area contributed by atoms with Crippen molar-refractivity contribution in [3.8, 4) is 0 Å². The largest absolute Gasteiger partial charge is 0.352 e. The molecule has 0 bridgehead atoms. The molecule has 0 spiro atoms. The van der Waals surface area contributed by atoms with Gasteiger partial charge in [-0.15, -0.1) is 0 Å². The quantitative estimate of drug-likeness (QED) is 0.386. The smallest absolute Gasteiger partial charge is 0.233 e. The summed E-state index contributed by atoms with van der Waals surface area (Å²) in [6, 6.07) is 16.5. The molecule has 1 unspecified atom stereocenters. The van der Waals surface area contributed by atoms with E-state index in [1.807, 2.05) is 43.3 Å². The molecule has 1 aliphatic carbocycles. The average Bonchev–Trinajstić information content (AvgIpc) is 3.15. The highest BCUT2D eigenvalue weighted by Gasteiger charge is 2.23. The maximum absolute atomic E-state index is 12.8. The first-order valence-corrected chi connectivity index (χ1v) is 11.2. The Morgan fingerprint density at radius 1 is 1.03 bits per heavy atom. The Kier molecular flexibility index (Phi) is 4.87. The zero-order chi connectivity index (χ0) is 19.8. The van der Waals surface area contributed by atoms with Gasteiger partial charge in [-0.2, -0.15) is 0 Å². The van der Waals surface area contributed by atoms with Crippen LogP contribution < -0.4 is 5.32 Å². The Morgan fingerprint density at radius 2 is 1.76 bits per heavy atom. The molecule has 4 aromatic rings. The van der Waals surface area contributed by atoms with Crippen LogP contribution in [0, 0.1) is 0 Å². The highest BCUT2D eigenvalue weighted by atomic mass is 32.2. The minimum absolute atomic E-state index is 0.0921. The van der Waals surface area contributed by atoms with E-state index in [9.17, 15) is 4.79 Å². The summed E-state index contributed by atoms with van der Waals surface area (Å²) in [4.78, 5) is 22.6. The van der Waals surface area contributed by atoms with Crippen LogP contribution in [-0.2, 0) is 4.79 Å². The van der Waals surface area contributed by atoms with Gasteiger partial charge in [0.15, 0.2) is 5.16 Å². The molecule has 1 atom stereocenters. The molecule has 1 amide bonds. The standard InChI is InChI=1S/C23H24N4OS/c1-15(22(28)24-16-9-3-2-4-10-16)29-23-26-18-12-6-5-11-17(18)21-25-19-13-7-8-14-20(19)27(21)23/h5-8,11-16H,2-4,9-10H2,1H3,(H,24,28). The van der Waals surface area contributed by atoms with E-state index in [4.69, 9.17) is 9.97 Å². The third-order valence-electron chi connectivity index (χ3n) is 5.72. The number of nitrogens with one attached hydrogen (secondary N) is 1. The van der Waals surface area contributed by atoms with Crippen LogP contribution in [0.15, 0.2) is 53.7 Å². The van der Waals surface area contributed by atoms with Crippen molar-refractivity contribution in [3.05, 3.63) is 48.5 Å².